The number of pyridine rings is 1. The van der Waals surface area contributed by atoms with Gasteiger partial charge in [0.05, 0.1) is 22.3 Å². The average molecular weight is 1240 g/mol. The maximum Gasteiger partial charge on any atom is 0.148 e. The van der Waals surface area contributed by atoms with Gasteiger partial charge in [-0.3, -0.25) is 9.55 Å². The molecular formula is C76H70N3OPt-. The summed E-state index contributed by atoms with van der Waals surface area (Å²) in [6.07, 6.45) is 8.17. The third-order valence-corrected chi connectivity index (χ3v) is 16.9. The van der Waals surface area contributed by atoms with E-state index in [2.05, 4.69) is 277 Å². The first kappa shape index (κ1) is 55.0. The standard InChI is InChI=1S/C76H70N3O.Pt/c1-74(2,3)63-49-66(72(80)67(50-63)75(4,5)6)73-78-71-64(33-22-34-70(71)79(73)69-40-35-52(43-51-23-20-21-24-51)44-65(69)55-27-14-9-15-28-55)58-45-57(53-25-12-8-13-26-53)46-59(47-58)68-48-56(41-42-77-68)54-36-38-62(39-37-54)76(7,60-29-16-10-17-30-60)61-31-18-11-19-32-61;/h8-19,22,25-42,44-46,48-51,80H,20-21,23-24,43H2,1-7H3;/q-1;. The van der Waals surface area contributed by atoms with Gasteiger partial charge in [-0.1, -0.05) is 260 Å². The molecule has 0 radical (unpaired) electrons. The maximum absolute atomic E-state index is 12.7. The summed E-state index contributed by atoms with van der Waals surface area (Å²) in [6, 6.07) is 82.6. The number of para-hydroxylation sites is 1. The van der Waals surface area contributed by atoms with Gasteiger partial charge in [-0.25, -0.2) is 4.98 Å². The molecule has 0 spiro atoms. The van der Waals surface area contributed by atoms with E-state index < -0.39 is 0 Å². The molecule has 1 fully saturated rings. The van der Waals surface area contributed by atoms with Gasteiger partial charge >= 0.3 is 0 Å². The van der Waals surface area contributed by atoms with Gasteiger partial charge in [0.15, 0.2) is 0 Å². The molecule has 406 valence electrons. The molecule has 12 rings (SSSR count). The van der Waals surface area contributed by atoms with Crippen LogP contribution in [-0.2, 0) is 43.7 Å². The van der Waals surface area contributed by atoms with Gasteiger partial charge in [0, 0.05) is 49.5 Å². The first-order valence-corrected chi connectivity index (χ1v) is 28.6. The summed E-state index contributed by atoms with van der Waals surface area (Å²) in [5.74, 6) is 1.64. The molecule has 1 aliphatic carbocycles. The predicted octanol–water partition coefficient (Wildman–Crippen LogP) is 19.6. The van der Waals surface area contributed by atoms with Crippen molar-refractivity contribution in [1.29, 1.82) is 0 Å². The minimum atomic E-state index is -0.344. The summed E-state index contributed by atoms with van der Waals surface area (Å²) in [6.45, 7) is 15.6. The van der Waals surface area contributed by atoms with E-state index in [-0.39, 0.29) is 43.1 Å². The van der Waals surface area contributed by atoms with Crippen molar-refractivity contribution in [2.45, 2.75) is 96.8 Å². The fourth-order valence-electron chi connectivity index (χ4n) is 12.3. The van der Waals surface area contributed by atoms with Crippen molar-refractivity contribution in [2.75, 3.05) is 0 Å². The van der Waals surface area contributed by atoms with Crippen LogP contribution in [0.3, 0.4) is 0 Å². The number of aromatic nitrogens is 3. The van der Waals surface area contributed by atoms with Crippen molar-refractivity contribution in [3.05, 3.63) is 264 Å². The van der Waals surface area contributed by atoms with Gasteiger partial charge in [-0.2, -0.15) is 0 Å². The molecule has 2 heterocycles. The van der Waals surface area contributed by atoms with E-state index in [1.54, 1.807) is 0 Å². The number of fused-ring (bicyclic) bond motifs is 1. The summed E-state index contributed by atoms with van der Waals surface area (Å²) in [5, 5.41) is 12.7. The fourth-order valence-corrected chi connectivity index (χ4v) is 12.3. The Hall–Kier alpha value is -7.91. The van der Waals surface area contributed by atoms with Crippen LogP contribution in [-0.4, -0.2) is 19.6 Å². The van der Waals surface area contributed by atoms with Crippen molar-refractivity contribution in [1.82, 2.24) is 14.5 Å². The van der Waals surface area contributed by atoms with Crippen molar-refractivity contribution in [3.63, 3.8) is 0 Å². The van der Waals surface area contributed by atoms with Gasteiger partial charge in [0.25, 0.3) is 0 Å². The van der Waals surface area contributed by atoms with Crippen LogP contribution in [0.2, 0.25) is 0 Å². The summed E-state index contributed by atoms with van der Waals surface area (Å²) in [4.78, 5) is 10.8. The van der Waals surface area contributed by atoms with Gasteiger partial charge in [0.2, 0.25) is 0 Å². The molecule has 4 nitrogen and oxygen atoms in total. The number of rotatable bonds is 12. The van der Waals surface area contributed by atoms with E-state index in [1.165, 1.54) is 47.9 Å². The number of phenolic OH excluding ortho intramolecular Hbond substituents is 1. The second-order valence-corrected chi connectivity index (χ2v) is 24.4. The monoisotopic (exact) mass is 1240 g/mol. The molecule has 1 saturated carbocycles. The van der Waals surface area contributed by atoms with Crippen molar-refractivity contribution in [3.8, 4) is 78.6 Å². The Kier molecular flexibility index (Phi) is 15.3. The third kappa shape index (κ3) is 10.9. The summed E-state index contributed by atoms with van der Waals surface area (Å²) in [7, 11) is 0. The van der Waals surface area contributed by atoms with Gasteiger partial charge < -0.3 is 5.11 Å². The molecule has 0 amide bonds. The Morgan fingerprint density at radius 1 is 0.494 bits per heavy atom. The minimum Gasteiger partial charge on any atom is -0.507 e. The zero-order valence-electron chi connectivity index (χ0n) is 47.6. The number of hydrogen-bond acceptors (Lipinski definition) is 3. The van der Waals surface area contributed by atoms with Crippen LogP contribution >= 0.6 is 0 Å². The Labute approximate surface area is 494 Å². The number of benzene rings is 9. The second-order valence-electron chi connectivity index (χ2n) is 24.4. The smallest absolute Gasteiger partial charge is 0.148 e. The molecule has 0 saturated heterocycles. The minimum absolute atomic E-state index is 0. The van der Waals surface area contributed by atoms with Gasteiger partial charge in [-0.15, -0.1) is 23.8 Å². The molecule has 0 aliphatic heterocycles. The normalized spacial score (nSPS) is 13.1. The summed E-state index contributed by atoms with van der Waals surface area (Å²) in [5.41, 5.74) is 19.8. The van der Waals surface area contributed by atoms with Crippen molar-refractivity contribution < 1.29 is 26.2 Å². The molecule has 0 unspecified atom stereocenters. The Morgan fingerprint density at radius 2 is 1.09 bits per heavy atom. The molecule has 11 aromatic rings. The fraction of sp³-hybridized carbons (Fsp3) is 0.211. The average Bonchev–Trinajstić information content (AvgIpc) is 4.22. The molecule has 1 N–H and O–H groups in total. The van der Waals surface area contributed by atoms with Gasteiger partial charge in [0.1, 0.15) is 11.6 Å². The molecular weight excluding hydrogens is 1170 g/mol. The number of phenols is 1. The third-order valence-electron chi connectivity index (χ3n) is 16.9. The summed E-state index contributed by atoms with van der Waals surface area (Å²) < 4.78 is 2.31. The molecule has 1 aliphatic rings. The molecule has 0 bridgehead atoms. The van der Waals surface area contributed by atoms with Crippen molar-refractivity contribution >= 4 is 11.0 Å². The van der Waals surface area contributed by atoms with Gasteiger partial charge in [-0.05, 0) is 110 Å². The molecule has 5 heteroatoms. The van der Waals surface area contributed by atoms with Crippen LogP contribution in [0.1, 0.15) is 108 Å². The predicted molar refractivity (Wildman–Crippen MR) is 333 cm³/mol. The number of nitrogens with zero attached hydrogens (tertiary/aromatic N) is 3. The zero-order valence-corrected chi connectivity index (χ0v) is 49.9. The molecule has 0 atom stereocenters. The van der Waals surface area contributed by atoms with E-state index in [9.17, 15) is 5.11 Å². The van der Waals surface area contributed by atoms with Crippen LogP contribution in [0.5, 0.6) is 5.75 Å². The topological polar surface area (TPSA) is 50.9 Å². The van der Waals surface area contributed by atoms with E-state index >= 15 is 0 Å². The number of aromatic hydroxyl groups is 1. The zero-order chi connectivity index (χ0) is 55.2. The quantitative estimate of drug-likeness (QED) is 0.0980. The molecule has 2 aromatic heterocycles. The first-order chi connectivity index (χ1) is 38.7. The van der Waals surface area contributed by atoms with E-state index in [1.807, 2.05) is 6.20 Å². The number of hydrogen-bond donors (Lipinski definition) is 1. The Bertz CT molecular complexity index is 3960. The van der Waals surface area contributed by atoms with Crippen molar-refractivity contribution in [2.24, 2.45) is 5.92 Å². The van der Waals surface area contributed by atoms with Crippen LogP contribution in [0.15, 0.2) is 225 Å². The van der Waals surface area contributed by atoms with Crippen LogP contribution < -0.4 is 0 Å². The summed E-state index contributed by atoms with van der Waals surface area (Å²) >= 11 is 0. The van der Waals surface area contributed by atoms with E-state index in [0.29, 0.717) is 17.3 Å². The molecule has 81 heavy (non-hydrogen) atoms. The SMILES string of the molecule is CC(C)(C)c1cc(-c2nc3c(-c4[c-]c(-c5cc(-c6ccc(C(C)(c7ccccc7)c7ccccc7)cc6)ccn5)cc(-c5ccccc5)c4)cccc3n2-c2ccc(CC3CCCC3)cc2-c2ccccc2)c(O)c(C(C)(C)C)c1.[Pt]. The maximum atomic E-state index is 12.7. The largest absolute Gasteiger partial charge is 0.507 e. The number of imidazole rings is 1. The Morgan fingerprint density at radius 3 is 1.72 bits per heavy atom. The first-order valence-electron chi connectivity index (χ1n) is 28.6. The van der Waals surface area contributed by atoms with E-state index in [0.717, 1.165) is 90.0 Å². The van der Waals surface area contributed by atoms with Crippen LogP contribution in [0, 0.1) is 12.0 Å². The van der Waals surface area contributed by atoms with Crippen LogP contribution in [0.4, 0.5) is 0 Å². The Balaban J connectivity index is 0.00000690. The molecule has 9 aromatic carbocycles. The second kappa shape index (κ2) is 22.6. The van der Waals surface area contributed by atoms with E-state index in [4.69, 9.17) is 9.97 Å². The van der Waals surface area contributed by atoms with Crippen LogP contribution in [0.25, 0.3) is 83.9 Å².